The molecule has 0 saturated carbocycles. The second kappa shape index (κ2) is 8.34. The Morgan fingerprint density at radius 2 is 1.77 bits per heavy atom. The van der Waals surface area contributed by atoms with Gasteiger partial charge in [-0.15, -0.1) is 0 Å². The van der Waals surface area contributed by atoms with Crippen molar-refractivity contribution in [1.29, 1.82) is 0 Å². The van der Waals surface area contributed by atoms with E-state index in [4.69, 9.17) is 11.6 Å². The third kappa shape index (κ3) is 4.62. The number of carbonyl (C=O) groups excluding carboxylic acids is 2. The standard InChI is InChI=1S/C20H22ClN3O2/c1-23(13-19(25)22-18-9-5-4-8-17(18)21)14-20(26)24-11-10-15-6-2-3-7-16(15)12-24/h2-9H,10-14H2,1H3,(H,22,25). The normalized spacial score (nSPS) is 13.4. The topological polar surface area (TPSA) is 52.7 Å². The Balaban J connectivity index is 1.50. The van der Waals surface area contributed by atoms with Gasteiger partial charge in [-0.3, -0.25) is 14.5 Å². The van der Waals surface area contributed by atoms with E-state index in [0.29, 0.717) is 17.3 Å². The van der Waals surface area contributed by atoms with Gasteiger partial charge < -0.3 is 10.2 Å². The summed E-state index contributed by atoms with van der Waals surface area (Å²) in [5, 5.41) is 3.26. The molecule has 1 N–H and O–H groups in total. The van der Waals surface area contributed by atoms with Crippen molar-refractivity contribution in [2.24, 2.45) is 0 Å². The molecule has 0 radical (unpaired) electrons. The second-order valence-electron chi connectivity index (χ2n) is 6.53. The fraction of sp³-hybridized carbons (Fsp3) is 0.300. The predicted molar refractivity (Wildman–Crippen MR) is 103 cm³/mol. The molecule has 1 heterocycles. The maximum atomic E-state index is 12.5. The third-order valence-electron chi connectivity index (χ3n) is 4.45. The van der Waals surface area contributed by atoms with E-state index in [2.05, 4.69) is 17.4 Å². The van der Waals surface area contributed by atoms with Crippen molar-refractivity contribution in [3.63, 3.8) is 0 Å². The first-order valence-electron chi connectivity index (χ1n) is 8.60. The molecule has 2 amide bonds. The molecule has 5 nitrogen and oxygen atoms in total. The second-order valence-corrected chi connectivity index (χ2v) is 6.94. The molecule has 2 aromatic carbocycles. The van der Waals surface area contributed by atoms with Crippen LogP contribution in [0.4, 0.5) is 5.69 Å². The zero-order valence-corrected chi connectivity index (χ0v) is 15.5. The fourth-order valence-electron chi connectivity index (χ4n) is 3.09. The van der Waals surface area contributed by atoms with Gasteiger partial charge in [0.2, 0.25) is 11.8 Å². The highest BCUT2D eigenvalue weighted by Crippen LogP contribution is 2.20. The number of hydrogen-bond acceptors (Lipinski definition) is 3. The first-order valence-corrected chi connectivity index (χ1v) is 8.98. The van der Waals surface area contributed by atoms with Crippen LogP contribution in [0.1, 0.15) is 11.1 Å². The van der Waals surface area contributed by atoms with Crippen molar-refractivity contribution in [1.82, 2.24) is 9.80 Å². The van der Waals surface area contributed by atoms with Crippen molar-refractivity contribution in [2.75, 3.05) is 32.0 Å². The van der Waals surface area contributed by atoms with Crippen LogP contribution in [0.25, 0.3) is 0 Å². The summed E-state index contributed by atoms with van der Waals surface area (Å²) in [4.78, 5) is 28.3. The number of halogens is 1. The minimum absolute atomic E-state index is 0.0348. The highest BCUT2D eigenvalue weighted by molar-refractivity contribution is 6.33. The molecule has 2 aromatic rings. The van der Waals surface area contributed by atoms with Gasteiger partial charge in [-0.25, -0.2) is 0 Å². The molecular formula is C20H22ClN3O2. The van der Waals surface area contributed by atoms with E-state index in [-0.39, 0.29) is 24.9 Å². The molecule has 0 fully saturated rings. The van der Waals surface area contributed by atoms with Gasteiger partial charge in [-0.05, 0) is 36.7 Å². The number of hydrogen-bond donors (Lipinski definition) is 1. The fourth-order valence-corrected chi connectivity index (χ4v) is 3.28. The Morgan fingerprint density at radius 1 is 1.08 bits per heavy atom. The monoisotopic (exact) mass is 371 g/mol. The Kier molecular flexibility index (Phi) is 5.91. The summed E-state index contributed by atoms with van der Waals surface area (Å²) in [5.41, 5.74) is 3.08. The van der Waals surface area contributed by atoms with Crippen molar-refractivity contribution >= 4 is 29.1 Å². The van der Waals surface area contributed by atoms with Crippen LogP contribution in [0.15, 0.2) is 48.5 Å². The molecule has 0 aromatic heterocycles. The maximum Gasteiger partial charge on any atom is 0.238 e. The largest absolute Gasteiger partial charge is 0.337 e. The lowest BCUT2D eigenvalue weighted by Crippen LogP contribution is -2.43. The lowest BCUT2D eigenvalue weighted by atomic mass is 10.00. The third-order valence-corrected chi connectivity index (χ3v) is 4.78. The number of anilines is 1. The van der Waals surface area contributed by atoms with Gasteiger partial charge in [0, 0.05) is 13.1 Å². The number of benzene rings is 2. The Hall–Kier alpha value is -2.37. The number of fused-ring (bicyclic) bond motifs is 1. The van der Waals surface area contributed by atoms with Gasteiger partial charge >= 0.3 is 0 Å². The van der Waals surface area contributed by atoms with E-state index >= 15 is 0 Å². The summed E-state index contributed by atoms with van der Waals surface area (Å²) in [5.74, 6) is -0.162. The number of nitrogens with one attached hydrogen (secondary N) is 1. The molecule has 6 heteroatoms. The highest BCUT2D eigenvalue weighted by Gasteiger charge is 2.21. The minimum Gasteiger partial charge on any atom is -0.337 e. The quantitative estimate of drug-likeness (QED) is 0.879. The SMILES string of the molecule is CN(CC(=O)Nc1ccccc1Cl)CC(=O)N1CCc2ccccc2C1. The maximum absolute atomic E-state index is 12.5. The number of amides is 2. The van der Waals surface area contributed by atoms with Gasteiger partial charge in [0.25, 0.3) is 0 Å². The van der Waals surface area contributed by atoms with Gasteiger partial charge in [-0.2, -0.15) is 0 Å². The lowest BCUT2D eigenvalue weighted by Gasteiger charge is -2.30. The van der Waals surface area contributed by atoms with Gasteiger partial charge in [-0.1, -0.05) is 48.0 Å². The van der Waals surface area contributed by atoms with Crippen molar-refractivity contribution < 1.29 is 9.59 Å². The van der Waals surface area contributed by atoms with Crippen LogP contribution in [0.5, 0.6) is 0 Å². The van der Waals surface area contributed by atoms with Crippen LogP contribution in [0.2, 0.25) is 5.02 Å². The summed E-state index contributed by atoms with van der Waals surface area (Å²) in [7, 11) is 1.77. The van der Waals surface area contributed by atoms with Crippen molar-refractivity contribution in [2.45, 2.75) is 13.0 Å². The smallest absolute Gasteiger partial charge is 0.238 e. The molecule has 1 aliphatic heterocycles. The van der Waals surface area contributed by atoms with Crippen LogP contribution in [0, 0.1) is 0 Å². The number of para-hydroxylation sites is 1. The van der Waals surface area contributed by atoms with Crippen LogP contribution < -0.4 is 5.32 Å². The van der Waals surface area contributed by atoms with E-state index in [1.54, 1.807) is 30.1 Å². The molecular weight excluding hydrogens is 350 g/mol. The van der Waals surface area contributed by atoms with E-state index in [1.165, 1.54) is 11.1 Å². The summed E-state index contributed by atoms with van der Waals surface area (Å²) < 4.78 is 0. The highest BCUT2D eigenvalue weighted by atomic mass is 35.5. The number of nitrogens with zero attached hydrogens (tertiary/aromatic N) is 2. The van der Waals surface area contributed by atoms with E-state index < -0.39 is 0 Å². The number of likely N-dealkylation sites (N-methyl/N-ethyl adjacent to an activating group) is 1. The molecule has 0 atom stereocenters. The molecule has 0 saturated heterocycles. The average Bonchev–Trinajstić information content (AvgIpc) is 2.63. The first kappa shape index (κ1) is 18.4. The molecule has 136 valence electrons. The predicted octanol–water partition coefficient (Wildman–Crippen LogP) is 2.80. The number of rotatable bonds is 5. The Bertz CT molecular complexity index is 809. The lowest BCUT2D eigenvalue weighted by molar-refractivity contribution is -0.133. The summed E-state index contributed by atoms with van der Waals surface area (Å²) in [6.07, 6.45) is 0.874. The Morgan fingerprint density at radius 3 is 2.54 bits per heavy atom. The number of carbonyl (C=O) groups is 2. The zero-order chi connectivity index (χ0) is 18.5. The molecule has 1 aliphatic rings. The van der Waals surface area contributed by atoms with Crippen LogP contribution in [0.3, 0.4) is 0 Å². The molecule has 0 spiro atoms. The minimum atomic E-state index is -0.197. The van der Waals surface area contributed by atoms with E-state index in [1.807, 2.05) is 23.1 Å². The van der Waals surface area contributed by atoms with E-state index in [9.17, 15) is 9.59 Å². The van der Waals surface area contributed by atoms with Crippen LogP contribution >= 0.6 is 11.6 Å². The van der Waals surface area contributed by atoms with Crippen LogP contribution in [-0.2, 0) is 22.6 Å². The van der Waals surface area contributed by atoms with Crippen LogP contribution in [-0.4, -0.2) is 48.3 Å². The molecule has 26 heavy (non-hydrogen) atoms. The molecule has 0 aliphatic carbocycles. The van der Waals surface area contributed by atoms with Gasteiger partial charge in [0.15, 0.2) is 0 Å². The van der Waals surface area contributed by atoms with Gasteiger partial charge in [0.1, 0.15) is 0 Å². The van der Waals surface area contributed by atoms with Crippen molar-refractivity contribution in [3.05, 3.63) is 64.7 Å². The molecule has 0 bridgehead atoms. The average molecular weight is 372 g/mol. The first-order chi connectivity index (χ1) is 12.5. The van der Waals surface area contributed by atoms with Gasteiger partial charge in [0.05, 0.1) is 23.8 Å². The summed E-state index contributed by atoms with van der Waals surface area (Å²) in [6, 6.07) is 15.3. The summed E-state index contributed by atoms with van der Waals surface area (Å²) >= 11 is 6.04. The Labute approximate surface area is 158 Å². The van der Waals surface area contributed by atoms with E-state index in [0.717, 1.165) is 13.0 Å². The van der Waals surface area contributed by atoms with Crippen molar-refractivity contribution in [3.8, 4) is 0 Å². The zero-order valence-electron chi connectivity index (χ0n) is 14.7. The molecule has 0 unspecified atom stereocenters. The molecule has 3 rings (SSSR count). The summed E-state index contributed by atoms with van der Waals surface area (Å²) in [6.45, 7) is 1.68.